The van der Waals surface area contributed by atoms with Crippen LogP contribution in [0.25, 0.3) is 0 Å². The minimum absolute atomic E-state index is 0.596. The summed E-state index contributed by atoms with van der Waals surface area (Å²) in [6, 6.07) is 1.21. The molecular weight excluding hydrogens is 192 g/mol. The van der Waals surface area contributed by atoms with Gasteiger partial charge < -0.3 is 5.32 Å². The average Bonchev–Trinajstić information content (AvgIpc) is 2.51. The van der Waals surface area contributed by atoms with Gasteiger partial charge in [0.15, 0.2) is 5.17 Å². The summed E-state index contributed by atoms with van der Waals surface area (Å²) in [6.07, 6.45) is 5.35. The second-order valence-electron chi connectivity index (χ2n) is 4.72. The van der Waals surface area contributed by atoms with Gasteiger partial charge in [-0.25, -0.2) is 0 Å². The molecule has 1 heterocycles. The molecule has 0 spiro atoms. The first kappa shape index (κ1) is 10.3. The number of thioether (sulfide) groups is 1. The highest BCUT2D eigenvalue weighted by molar-refractivity contribution is 8.14. The van der Waals surface area contributed by atoms with Crippen molar-refractivity contribution in [3.8, 4) is 0 Å². The van der Waals surface area contributed by atoms with Gasteiger partial charge in [0.25, 0.3) is 0 Å². The largest absolute Gasteiger partial charge is 0.362 e. The Hall–Kier alpha value is -0.180. The predicted molar refractivity (Wildman–Crippen MR) is 63.9 cm³/mol. The van der Waals surface area contributed by atoms with E-state index in [-0.39, 0.29) is 0 Å². The van der Waals surface area contributed by atoms with E-state index in [4.69, 9.17) is 4.99 Å². The quantitative estimate of drug-likeness (QED) is 0.722. The van der Waals surface area contributed by atoms with Gasteiger partial charge in [-0.15, -0.1) is 0 Å². The Kier molecular flexibility index (Phi) is 3.37. The molecular formula is C11H20N2S. The van der Waals surface area contributed by atoms with Crippen molar-refractivity contribution in [3.63, 3.8) is 0 Å². The van der Waals surface area contributed by atoms with Gasteiger partial charge in [0.05, 0.1) is 6.04 Å². The number of rotatable bonds is 1. The van der Waals surface area contributed by atoms with E-state index in [2.05, 4.69) is 19.2 Å². The molecule has 2 nitrogen and oxygen atoms in total. The zero-order valence-corrected chi connectivity index (χ0v) is 9.94. The van der Waals surface area contributed by atoms with Crippen molar-refractivity contribution in [1.29, 1.82) is 0 Å². The molecule has 0 radical (unpaired) electrons. The van der Waals surface area contributed by atoms with Crippen LogP contribution in [0.4, 0.5) is 0 Å². The summed E-state index contributed by atoms with van der Waals surface area (Å²) < 4.78 is 0. The minimum atomic E-state index is 0.596. The second-order valence-corrected chi connectivity index (χ2v) is 5.72. The third-order valence-electron chi connectivity index (χ3n) is 3.05. The third-order valence-corrected chi connectivity index (χ3v) is 4.21. The molecule has 0 bridgehead atoms. The highest BCUT2D eigenvalue weighted by Crippen LogP contribution is 2.27. The topological polar surface area (TPSA) is 24.4 Å². The summed E-state index contributed by atoms with van der Waals surface area (Å²) in [6.45, 7) is 4.57. The van der Waals surface area contributed by atoms with E-state index in [9.17, 15) is 0 Å². The number of nitrogens with one attached hydrogen (secondary N) is 1. The number of hydrogen-bond donors (Lipinski definition) is 1. The SMILES string of the molecule is CC1CCCC(N=C2NC(C)CS2)C1. The Morgan fingerprint density at radius 2 is 2.21 bits per heavy atom. The number of hydrogen-bond acceptors (Lipinski definition) is 2. The van der Waals surface area contributed by atoms with Gasteiger partial charge in [-0.2, -0.15) is 0 Å². The van der Waals surface area contributed by atoms with E-state index in [0.717, 1.165) is 5.92 Å². The summed E-state index contributed by atoms with van der Waals surface area (Å²) in [7, 11) is 0. The predicted octanol–water partition coefficient (Wildman–Crippen LogP) is 2.65. The van der Waals surface area contributed by atoms with Gasteiger partial charge in [-0.3, -0.25) is 4.99 Å². The molecule has 3 heteroatoms. The molecule has 0 amide bonds. The van der Waals surface area contributed by atoms with Crippen LogP contribution >= 0.6 is 11.8 Å². The lowest BCUT2D eigenvalue weighted by molar-refractivity contribution is 0.345. The molecule has 14 heavy (non-hydrogen) atoms. The average molecular weight is 212 g/mol. The molecule has 2 aliphatic rings. The summed E-state index contributed by atoms with van der Waals surface area (Å²) in [5.74, 6) is 2.06. The third kappa shape index (κ3) is 2.66. The fourth-order valence-corrected chi connectivity index (χ4v) is 3.26. The highest BCUT2D eigenvalue weighted by atomic mass is 32.2. The van der Waals surface area contributed by atoms with Gasteiger partial charge in [0.1, 0.15) is 0 Å². The fourth-order valence-electron chi connectivity index (χ4n) is 2.26. The van der Waals surface area contributed by atoms with Gasteiger partial charge in [-0.05, 0) is 25.7 Å². The van der Waals surface area contributed by atoms with Crippen LogP contribution in [0.3, 0.4) is 0 Å². The summed E-state index contributed by atoms with van der Waals surface area (Å²) >= 11 is 1.88. The maximum absolute atomic E-state index is 4.80. The fraction of sp³-hybridized carbons (Fsp3) is 0.909. The molecule has 80 valence electrons. The smallest absolute Gasteiger partial charge is 0.157 e. The van der Waals surface area contributed by atoms with Gasteiger partial charge in [-0.1, -0.05) is 31.5 Å². The highest BCUT2D eigenvalue weighted by Gasteiger charge is 2.21. The maximum Gasteiger partial charge on any atom is 0.157 e. The molecule has 2 rings (SSSR count). The molecule has 3 unspecified atom stereocenters. The molecule has 1 saturated carbocycles. The normalized spacial score (nSPS) is 41.3. The Balaban J connectivity index is 1.89. The van der Waals surface area contributed by atoms with Crippen molar-refractivity contribution in [2.24, 2.45) is 10.9 Å². The molecule has 1 aliphatic heterocycles. The molecule has 1 aliphatic carbocycles. The Morgan fingerprint density at radius 3 is 2.86 bits per heavy atom. The van der Waals surface area contributed by atoms with E-state index in [1.807, 2.05) is 11.8 Å². The van der Waals surface area contributed by atoms with Crippen LogP contribution in [-0.2, 0) is 0 Å². The minimum Gasteiger partial charge on any atom is -0.362 e. The lowest BCUT2D eigenvalue weighted by Crippen LogP contribution is -2.25. The molecule has 1 N–H and O–H groups in total. The van der Waals surface area contributed by atoms with E-state index in [1.165, 1.54) is 36.6 Å². The number of nitrogens with zero attached hydrogens (tertiary/aromatic N) is 1. The first-order chi connectivity index (χ1) is 6.74. The van der Waals surface area contributed by atoms with Crippen LogP contribution in [0.1, 0.15) is 39.5 Å². The van der Waals surface area contributed by atoms with E-state index < -0.39 is 0 Å². The van der Waals surface area contributed by atoms with Crippen LogP contribution in [0, 0.1) is 5.92 Å². The Bertz CT molecular complexity index is 227. The van der Waals surface area contributed by atoms with E-state index in [0.29, 0.717) is 12.1 Å². The molecule has 0 aromatic rings. The van der Waals surface area contributed by atoms with Crippen LogP contribution in [0.5, 0.6) is 0 Å². The number of aliphatic imine (C=N–C) groups is 1. The lowest BCUT2D eigenvalue weighted by atomic mass is 9.87. The number of amidine groups is 1. The molecule has 3 atom stereocenters. The summed E-state index contributed by atoms with van der Waals surface area (Å²) in [4.78, 5) is 4.80. The van der Waals surface area contributed by atoms with Crippen molar-refractivity contribution in [2.75, 3.05) is 5.75 Å². The van der Waals surface area contributed by atoms with Crippen LogP contribution in [0.15, 0.2) is 4.99 Å². The lowest BCUT2D eigenvalue weighted by Gasteiger charge is -2.23. The molecule has 1 saturated heterocycles. The van der Waals surface area contributed by atoms with Gasteiger partial charge >= 0.3 is 0 Å². The van der Waals surface area contributed by atoms with Gasteiger partial charge in [0.2, 0.25) is 0 Å². The van der Waals surface area contributed by atoms with Crippen molar-refractivity contribution in [3.05, 3.63) is 0 Å². The van der Waals surface area contributed by atoms with Crippen LogP contribution in [0.2, 0.25) is 0 Å². The summed E-state index contributed by atoms with van der Waals surface area (Å²) in [5, 5.41) is 4.62. The van der Waals surface area contributed by atoms with Crippen molar-refractivity contribution in [1.82, 2.24) is 5.32 Å². The molecule has 2 fully saturated rings. The zero-order chi connectivity index (χ0) is 9.97. The first-order valence-corrected chi connectivity index (χ1v) is 6.69. The van der Waals surface area contributed by atoms with Crippen molar-refractivity contribution < 1.29 is 0 Å². The van der Waals surface area contributed by atoms with E-state index in [1.54, 1.807) is 0 Å². The van der Waals surface area contributed by atoms with Crippen molar-refractivity contribution in [2.45, 2.75) is 51.6 Å². The molecule has 0 aromatic heterocycles. The standard InChI is InChI=1S/C11H20N2S/c1-8-4-3-5-10(6-8)13-11-12-9(2)7-14-11/h8-10H,3-7H2,1-2H3,(H,12,13). The van der Waals surface area contributed by atoms with Crippen LogP contribution in [-0.4, -0.2) is 23.0 Å². The first-order valence-electron chi connectivity index (χ1n) is 5.71. The Labute approximate surface area is 90.9 Å². The zero-order valence-electron chi connectivity index (χ0n) is 9.12. The Morgan fingerprint density at radius 1 is 1.36 bits per heavy atom. The monoisotopic (exact) mass is 212 g/mol. The van der Waals surface area contributed by atoms with Crippen molar-refractivity contribution >= 4 is 16.9 Å². The maximum atomic E-state index is 4.80. The molecule has 0 aromatic carbocycles. The van der Waals surface area contributed by atoms with Gasteiger partial charge in [0, 0.05) is 11.8 Å². The summed E-state index contributed by atoms with van der Waals surface area (Å²) in [5.41, 5.74) is 0. The van der Waals surface area contributed by atoms with E-state index >= 15 is 0 Å². The van der Waals surface area contributed by atoms with Crippen LogP contribution < -0.4 is 5.32 Å². The second kappa shape index (κ2) is 4.56.